The van der Waals surface area contributed by atoms with Crippen molar-refractivity contribution in [1.29, 1.82) is 0 Å². The van der Waals surface area contributed by atoms with E-state index in [9.17, 15) is 8.78 Å². The maximum absolute atomic E-state index is 13.3. The van der Waals surface area contributed by atoms with Crippen LogP contribution in [0.4, 0.5) is 14.5 Å². The lowest BCUT2D eigenvalue weighted by Gasteiger charge is -2.12. The highest BCUT2D eigenvalue weighted by atomic mass is 19.2. The molecule has 0 saturated heterocycles. The average Bonchev–Trinajstić information content (AvgIpc) is 2.89. The van der Waals surface area contributed by atoms with Crippen molar-refractivity contribution in [2.45, 2.75) is 25.3 Å². The van der Waals surface area contributed by atoms with Crippen LogP contribution in [0.25, 0.3) is 11.4 Å². The highest BCUT2D eigenvalue weighted by Crippen LogP contribution is 2.44. The monoisotopic (exact) mass is 251 g/mol. The van der Waals surface area contributed by atoms with Gasteiger partial charge in [-0.1, -0.05) is 0 Å². The number of tetrazole rings is 1. The van der Waals surface area contributed by atoms with E-state index in [1.54, 1.807) is 4.68 Å². The lowest BCUT2D eigenvalue weighted by Crippen LogP contribution is -2.16. The van der Waals surface area contributed by atoms with Gasteiger partial charge in [-0.3, -0.25) is 0 Å². The number of nitrogen functional groups attached to an aromatic ring is 1. The summed E-state index contributed by atoms with van der Waals surface area (Å²) >= 11 is 0. The molecule has 0 amide bonds. The standard InChI is InChI=1S/C11H11F2N5/c1-11(2-3-11)18-10(15-16-17-18)6-4-7(12)8(13)5-9(6)14/h4-5H,2-3,14H2,1H3. The van der Waals surface area contributed by atoms with Gasteiger partial charge in [-0.05, 0) is 36.3 Å². The smallest absolute Gasteiger partial charge is 0.184 e. The van der Waals surface area contributed by atoms with Crippen LogP contribution in [0, 0.1) is 11.6 Å². The van der Waals surface area contributed by atoms with Gasteiger partial charge in [0.15, 0.2) is 17.5 Å². The molecule has 1 aliphatic rings. The van der Waals surface area contributed by atoms with E-state index in [4.69, 9.17) is 5.73 Å². The highest BCUT2D eigenvalue weighted by molar-refractivity contribution is 5.71. The van der Waals surface area contributed by atoms with E-state index < -0.39 is 11.6 Å². The SMILES string of the molecule is CC1(n2nnnc2-c2cc(F)c(F)cc2N)CC1. The number of rotatable bonds is 2. The first-order valence-corrected chi connectivity index (χ1v) is 5.55. The molecule has 1 aliphatic carbocycles. The molecule has 1 heterocycles. The zero-order valence-corrected chi connectivity index (χ0v) is 9.69. The van der Waals surface area contributed by atoms with E-state index in [1.807, 2.05) is 6.92 Å². The fraction of sp³-hybridized carbons (Fsp3) is 0.364. The lowest BCUT2D eigenvalue weighted by atomic mass is 10.1. The molecule has 94 valence electrons. The van der Waals surface area contributed by atoms with Crippen LogP contribution >= 0.6 is 0 Å². The van der Waals surface area contributed by atoms with Crippen LogP contribution in [-0.4, -0.2) is 20.2 Å². The summed E-state index contributed by atoms with van der Waals surface area (Å²) in [6, 6.07) is 1.97. The molecule has 5 nitrogen and oxygen atoms in total. The Morgan fingerprint density at radius 3 is 2.61 bits per heavy atom. The summed E-state index contributed by atoms with van der Waals surface area (Å²) in [5.41, 5.74) is 5.99. The van der Waals surface area contributed by atoms with E-state index in [2.05, 4.69) is 15.5 Å². The summed E-state index contributed by atoms with van der Waals surface area (Å²) in [6.45, 7) is 2.00. The van der Waals surface area contributed by atoms with Gasteiger partial charge in [0, 0.05) is 17.3 Å². The molecular weight excluding hydrogens is 240 g/mol. The van der Waals surface area contributed by atoms with Gasteiger partial charge in [0.25, 0.3) is 0 Å². The molecule has 0 unspecified atom stereocenters. The Bertz CT molecular complexity index is 618. The summed E-state index contributed by atoms with van der Waals surface area (Å²) in [5, 5.41) is 11.3. The van der Waals surface area contributed by atoms with Crippen LogP contribution in [-0.2, 0) is 5.54 Å². The fourth-order valence-electron chi connectivity index (χ4n) is 1.87. The minimum absolute atomic E-state index is 0.120. The van der Waals surface area contributed by atoms with Crippen molar-refractivity contribution in [2.75, 3.05) is 5.73 Å². The van der Waals surface area contributed by atoms with Gasteiger partial charge < -0.3 is 5.73 Å². The van der Waals surface area contributed by atoms with Crippen LogP contribution in [0.15, 0.2) is 12.1 Å². The van der Waals surface area contributed by atoms with Gasteiger partial charge in [0.2, 0.25) is 0 Å². The average molecular weight is 251 g/mol. The number of hydrogen-bond donors (Lipinski definition) is 1. The molecule has 0 bridgehead atoms. The Morgan fingerprint density at radius 2 is 1.94 bits per heavy atom. The molecule has 0 spiro atoms. The van der Waals surface area contributed by atoms with Gasteiger partial charge in [0.05, 0.1) is 5.54 Å². The zero-order valence-electron chi connectivity index (χ0n) is 9.69. The molecule has 1 saturated carbocycles. The van der Waals surface area contributed by atoms with E-state index in [0.717, 1.165) is 25.0 Å². The van der Waals surface area contributed by atoms with Crippen molar-refractivity contribution in [2.24, 2.45) is 0 Å². The predicted octanol–water partition coefficient (Wildman–Crippen LogP) is 1.71. The fourth-order valence-corrected chi connectivity index (χ4v) is 1.87. The number of anilines is 1. The number of nitrogens with zero attached hydrogens (tertiary/aromatic N) is 4. The topological polar surface area (TPSA) is 69.6 Å². The van der Waals surface area contributed by atoms with Crippen LogP contribution in [0.5, 0.6) is 0 Å². The van der Waals surface area contributed by atoms with Crippen molar-refractivity contribution in [3.63, 3.8) is 0 Å². The number of nitrogens with two attached hydrogens (primary N) is 1. The molecule has 0 radical (unpaired) electrons. The molecule has 1 fully saturated rings. The summed E-state index contributed by atoms with van der Waals surface area (Å²) in [4.78, 5) is 0. The largest absolute Gasteiger partial charge is 0.398 e. The molecule has 1 aromatic carbocycles. The molecule has 1 aromatic heterocycles. The van der Waals surface area contributed by atoms with E-state index in [1.165, 1.54) is 0 Å². The van der Waals surface area contributed by atoms with Gasteiger partial charge in [-0.25, -0.2) is 13.5 Å². The first-order valence-electron chi connectivity index (χ1n) is 5.55. The molecule has 7 heteroatoms. The Kier molecular flexibility index (Phi) is 2.13. The maximum Gasteiger partial charge on any atom is 0.184 e. The van der Waals surface area contributed by atoms with Gasteiger partial charge in [-0.15, -0.1) is 5.10 Å². The molecule has 2 aromatic rings. The molecule has 0 aliphatic heterocycles. The molecule has 3 rings (SSSR count). The quantitative estimate of drug-likeness (QED) is 0.825. The molecule has 0 atom stereocenters. The molecular formula is C11H11F2N5. The maximum atomic E-state index is 13.3. The second kappa shape index (κ2) is 3.47. The van der Waals surface area contributed by atoms with Gasteiger partial charge in [-0.2, -0.15) is 0 Å². The second-order valence-electron chi connectivity index (χ2n) is 4.76. The van der Waals surface area contributed by atoms with Gasteiger partial charge >= 0.3 is 0 Å². The number of aromatic nitrogens is 4. The lowest BCUT2D eigenvalue weighted by molar-refractivity contribution is 0.462. The second-order valence-corrected chi connectivity index (χ2v) is 4.76. The minimum Gasteiger partial charge on any atom is -0.398 e. The van der Waals surface area contributed by atoms with Crippen molar-refractivity contribution >= 4 is 5.69 Å². The first-order chi connectivity index (χ1) is 8.51. The third-order valence-electron chi connectivity index (χ3n) is 3.29. The number of halogens is 2. The van der Waals surface area contributed by atoms with Crippen molar-refractivity contribution < 1.29 is 8.78 Å². The summed E-state index contributed by atoms with van der Waals surface area (Å²) in [5.74, 6) is -1.57. The third-order valence-corrected chi connectivity index (χ3v) is 3.29. The van der Waals surface area contributed by atoms with Crippen molar-refractivity contribution in [3.05, 3.63) is 23.8 Å². The zero-order chi connectivity index (χ0) is 12.9. The van der Waals surface area contributed by atoms with Crippen LogP contribution in [0.2, 0.25) is 0 Å². The van der Waals surface area contributed by atoms with Crippen molar-refractivity contribution in [1.82, 2.24) is 20.2 Å². The van der Waals surface area contributed by atoms with Crippen LogP contribution < -0.4 is 5.73 Å². The van der Waals surface area contributed by atoms with E-state index in [0.29, 0.717) is 11.4 Å². The molecule has 18 heavy (non-hydrogen) atoms. The first kappa shape index (κ1) is 11.1. The molecule has 2 N–H and O–H groups in total. The summed E-state index contributed by atoms with van der Waals surface area (Å²) in [6.07, 6.45) is 1.91. The van der Waals surface area contributed by atoms with Crippen molar-refractivity contribution in [3.8, 4) is 11.4 Å². The number of hydrogen-bond acceptors (Lipinski definition) is 4. The third kappa shape index (κ3) is 1.54. The Morgan fingerprint density at radius 1 is 1.28 bits per heavy atom. The van der Waals surface area contributed by atoms with Crippen LogP contribution in [0.1, 0.15) is 19.8 Å². The Hall–Kier alpha value is -2.05. The normalized spacial score (nSPS) is 16.8. The number of benzene rings is 1. The highest BCUT2D eigenvalue weighted by Gasteiger charge is 2.42. The minimum atomic E-state index is -0.979. The predicted molar refractivity (Wildman–Crippen MR) is 60.5 cm³/mol. The van der Waals surface area contributed by atoms with Crippen LogP contribution in [0.3, 0.4) is 0 Å². The Labute approximate surface area is 102 Å². The van der Waals surface area contributed by atoms with Gasteiger partial charge in [0.1, 0.15) is 0 Å². The van der Waals surface area contributed by atoms with E-state index in [-0.39, 0.29) is 11.2 Å². The Balaban J connectivity index is 2.16. The summed E-state index contributed by atoms with van der Waals surface area (Å²) < 4.78 is 27.9. The van der Waals surface area contributed by atoms with E-state index >= 15 is 0 Å². The summed E-state index contributed by atoms with van der Waals surface area (Å²) in [7, 11) is 0.